The van der Waals surface area contributed by atoms with Gasteiger partial charge in [-0.25, -0.2) is 9.97 Å². The summed E-state index contributed by atoms with van der Waals surface area (Å²) in [6.07, 6.45) is 3.18. The monoisotopic (exact) mass is 249 g/mol. The van der Waals surface area contributed by atoms with Crippen LogP contribution in [0, 0.1) is 6.92 Å². The van der Waals surface area contributed by atoms with Gasteiger partial charge in [0.2, 0.25) is 5.88 Å². The van der Waals surface area contributed by atoms with Gasteiger partial charge in [-0.05, 0) is 13.0 Å². The van der Waals surface area contributed by atoms with E-state index >= 15 is 0 Å². The summed E-state index contributed by atoms with van der Waals surface area (Å²) in [5.41, 5.74) is 0.471. The van der Waals surface area contributed by atoms with Crippen LogP contribution >= 0.6 is 11.3 Å². The van der Waals surface area contributed by atoms with E-state index in [0.717, 1.165) is 4.88 Å². The first-order chi connectivity index (χ1) is 8.19. The average molecular weight is 249 g/mol. The van der Waals surface area contributed by atoms with Crippen LogP contribution in [0.2, 0.25) is 0 Å². The molecule has 0 spiro atoms. The fraction of sp³-hybridized carbons (Fsp3) is 0.182. The lowest BCUT2D eigenvalue weighted by molar-refractivity contribution is 0.102. The van der Waals surface area contributed by atoms with Gasteiger partial charge in [-0.3, -0.25) is 10.1 Å². The fourth-order valence-corrected chi connectivity index (χ4v) is 1.88. The maximum Gasteiger partial charge on any atom is 0.259 e. The summed E-state index contributed by atoms with van der Waals surface area (Å²) in [4.78, 5) is 20.9. The Kier molecular flexibility index (Phi) is 3.34. The molecule has 2 aromatic heterocycles. The highest BCUT2D eigenvalue weighted by atomic mass is 32.1. The van der Waals surface area contributed by atoms with E-state index in [1.165, 1.54) is 24.6 Å². The second-order valence-electron chi connectivity index (χ2n) is 3.32. The molecule has 1 N–H and O–H groups in total. The topological polar surface area (TPSA) is 64.1 Å². The quantitative estimate of drug-likeness (QED) is 0.904. The van der Waals surface area contributed by atoms with E-state index in [1.807, 2.05) is 6.92 Å². The standard InChI is InChI=1S/C11H11N3O2S/c1-7-5-13-11(17-7)14-10(15)8-3-4-9(16-2)12-6-8/h3-6H,1-2H3,(H,13,14,15). The highest BCUT2D eigenvalue weighted by molar-refractivity contribution is 7.15. The number of carbonyl (C=O) groups excluding carboxylic acids is 1. The molecule has 0 bridgehead atoms. The van der Waals surface area contributed by atoms with E-state index in [9.17, 15) is 4.79 Å². The van der Waals surface area contributed by atoms with Crippen molar-refractivity contribution in [2.45, 2.75) is 6.92 Å². The van der Waals surface area contributed by atoms with Crippen LogP contribution in [0.1, 0.15) is 15.2 Å². The lowest BCUT2D eigenvalue weighted by atomic mass is 10.3. The molecule has 5 nitrogen and oxygen atoms in total. The number of pyridine rings is 1. The van der Waals surface area contributed by atoms with Crippen LogP contribution < -0.4 is 10.1 Å². The van der Waals surface area contributed by atoms with Gasteiger partial charge in [-0.2, -0.15) is 0 Å². The Morgan fingerprint density at radius 1 is 1.35 bits per heavy atom. The van der Waals surface area contributed by atoms with Crippen molar-refractivity contribution in [2.75, 3.05) is 12.4 Å². The third-order valence-corrected chi connectivity index (χ3v) is 2.88. The zero-order valence-corrected chi connectivity index (χ0v) is 10.2. The van der Waals surface area contributed by atoms with Crippen molar-refractivity contribution in [1.82, 2.24) is 9.97 Å². The summed E-state index contributed by atoms with van der Waals surface area (Å²) >= 11 is 1.43. The fourth-order valence-electron chi connectivity index (χ4n) is 1.22. The van der Waals surface area contributed by atoms with Crippen molar-refractivity contribution in [3.8, 4) is 5.88 Å². The van der Waals surface area contributed by atoms with Crippen molar-refractivity contribution in [3.63, 3.8) is 0 Å². The van der Waals surface area contributed by atoms with Crippen LogP contribution in [0.4, 0.5) is 5.13 Å². The highest BCUT2D eigenvalue weighted by Crippen LogP contribution is 2.17. The van der Waals surface area contributed by atoms with Crippen LogP contribution in [0.3, 0.4) is 0 Å². The molecule has 0 aliphatic heterocycles. The number of thiazole rings is 1. The summed E-state index contributed by atoms with van der Waals surface area (Å²) in [6.45, 7) is 1.93. The summed E-state index contributed by atoms with van der Waals surface area (Å²) in [5, 5.41) is 3.29. The largest absolute Gasteiger partial charge is 0.481 e. The Bertz CT molecular complexity index is 522. The molecule has 0 fully saturated rings. The zero-order chi connectivity index (χ0) is 12.3. The predicted molar refractivity (Wildman–Crippen MR) is 65.6 cm³/mol. The van der Waals surface area contributed by atoms with E-state index in [0.29, 0.717) is 16.6 Å². The predicted octanol–water partition coefficient (Wildman–Crippen LogP) is 2.11. The van der Waals surface area contributed by atoms with Gasteiger partial charge in [-0.15, -0.1) is 11.3 Å². The Labute approximate surface area is 102 Å². The maximum absolute atomic E-state index is 11.8. The first kappa shape index (κ1) is 11.5. The number of aryl methyl sites for hydroxylation is 1. The van der Waals surface area contributed by atoms with Gasteiger partial charge in [0, 0.05) is 23.3 Å². The van der Waals surface area contributed by atoms with E-state index < -0.39 is 0 Å². The second kappa shape index (κ2) is 4.92. The molecular formula is C11H11N3O2S. The molecule has 2 heterocycles. The third kappa shape index (κ3) is 2.79. The lowest BCUT2D eigenvalue weighted by Gasteiger charge is -2.02. The molecule has 0 unspecified atom stereocenters. The molecule has 1 amide bonds. The van der Waals surface area contributed by atoms with Crippen molar-refractivity contribution >= 4 is 22.4 Å². The van der Waals surface area contributed by atoms with E-state index in [2.05, 4.69) is 15.3 Å². The van der Waals surface area contributed by atoms with E-state index in [4.69, 9.17) is 4.74 Å². The van der Waals surface area contributed by atoms with Crippen LogP contribution in [0.5, 0.6) is 5.88 Å². The number of hydrogen-bond donors (Lipinski definition) is 1. The number of nitrogens with zero attached hydrogens (tertiary/aromatic N) is 2. The molecule has 88 valence electrons. The van der Waals surface area contributed by atoms with Gasteiger partial charge in [0.15, 0.2) is 5.13 Å². The zero-order valence-electron chi connectivity index (χ0n) is 9.43. The Hall–Kier alpha value is -1.95. The molecule has 0 aromatic carbocycles. The maximum atomic E-state index is 11.8. The van der Waals surface area contributed by atoms with Crippen molar-refractivity contribution in [2.24, 2.45) is 0 Å². The number of methoxy groups -OCH3 is 1. The Morgan fingerprint density at radius 3 is 2.71 bits per heavy atom. The van der Waals surface area contributed by atoms with Gasteiger partial charge in [0.1, 0.15) is 0 Å². The first-order valence-electron chi connectivity index (χ1n) is 4.93. The minimum atomic E-state index is -0.227. The second-order valence-corrected chi connectivity index (χ2v) is 4.55. The molecule has 0 radical (unpaired) electrons. The van der Waals surface area contributed by atoms with E-state index in [1.54, 1.807) is 18.3 Å². The van der Waals surface area contributed by atoms with Crippen LogP contribution in [0.15, 0.2) is 24.5 Å². The molecule has 0 saturated heterocycles. The molecule has 0 aliphatic carbocycles. The number of amides is 1. The van der Waals surface area contributed by atoms with Gasteiger partial charge in [-0.1, -0.05) is 0 Å². The van der Waals surface area contributed by atoms with Crippen LogP contribution in [-0.4, -0.2) is 23.0 Å². The van der Waals surface area contributed by atoms with Crippen molar-refractivity contribution < 1.29 is 9.53 Å². The molecule has 0 saturated carbocycles. The summed E-state index contributed by atoms with van der Waals surface area (Å²) < 4.78 is 4.92. The number of ether oxygens (including phenoxy) is 1. The number of anilines is 1. The van der Waals surface area contributed by atoms with Crippen LogP contribution in [0.25, 0.3) is 0 Å². The molecule has 2 aromatic rings. The minimum absolute atomic E-state index is 0.227. The first-order valence-corrected chi connectivity index (χ1v) is 5.74. The minimum Gasteiger partial charge on any atom is -0.481 e. The Morgan fingerprint density at radius 2 is 2.18 bits per heavy atom. The molecular weight excluding hydrogens is 238 g/mol. The number of carbonyl (C=O) groups is 1. The number of aromatic nitrogens is 2. The van der Waals surface area contributed by atoms with Crippen molar-refractivity contribution in [1.29, 1.82) is 0 Å². The molecule has 6 heteroatoms. The van der Waals surface area contributed by atoms with E-state index in [-0.39, 0.29) is 5.91 Å². The van der Waals surface area contributed by atoms with Gasteiger partial charge in [0.05, 0.1) is 12.7 Å². The number of nitrogens with one attached hydrogen (secondary N) is 1. The third-order valence-electron chi connectivity index (χ3n) is 2.05. The van der Waals surface area contributed by atoms with Gasteiger partial charge < -0.3 is 4.74 Å². The number of rotatable bonds is 3. The summed E-state index contributed by atoms with van der Waals surface area (Å²) in [7, 11) is 1.53. The highest BCUT2D eigenvalue weighted by Gasteiger charge is 2.08. The van der Waals surface area contributed by atoms with Crippen molar-refractivity contribution in [3.05, 3.63) is 35.0 Å². The lowest BCUT2D eigenvalue weighted by Crippen LogP contribution is -2.11. The SMILES string of the molecule is COc1ccc(C(=O)Nc2ncc(C)s2)cn1. The van der Waals surface area contributed by atoms with Crippen LogP contribution in [-0.2, 0) is 0 Å². The molecule has 17 heavy (non-hydrogen) atoms. The molecule has 0 atom stereocenters. The molecule has 0 aliphatic rings. The Balaban J connectivity index is 2.09. The normalized spacial score (nSPS) is 10.0. The van der Waals surface area contributed by atoms with Gasteiger partial charge >= 0.3 is 0 Å². The average Bonchev–Trinajstić information content (AvgIpc) is 2.75. The number of hydrogen-bond acceptors (Lipinski definition) is 5. The smallest absolute Gasteiger partial charge is 0.259 e. The summed E-state index contributed by atoms with van der Waals surface area (Å²) in [5.74, 6) is 0.251. The van der Waals surface area contributed by atoms with Gasteiger partial charge in [0.25, 0.3) is 5.91 Å². The summed E-state index contributed by atoms with van der Waals surface area (Å²) in [6, 6.07) is 3.30. The molecule has 2 rings (SSSR count).